The van der Waals surface area contributed by atoms with Crippen molar-refractivity contribution in [2.24, 2.45) is 5.41 Å². The van der Waals surface area contributed by atoms with Crippen LogP contribution in [-0.4, -0.2) is 21.1 Å². The van der Waals surface area contributed by atoms with Gasteiger partial charge in [0.15, 0.2) is 0 Å². The second-order valence-corrected chi connectivity index (χ2v) is 4.06. The van der Waals surface area contributed by atoms with Gasteiger partial charge in [-0.2, -0.15) is 10.1 Å². The molecule has 1 amide bonds. The number of carbonyl (C=O) groups is 1. The number of nitrogens with one attached hydrogen (secondary N) is 2. The van der Waals surface area contributed by atoms with Gasteiger partial charge in [0.2, 0.25) is 11.9 Å². The van der Waals surface area contributed by atoms with Gasteiger partial charge in [-0.25, -0.2) is 5.10 Å². The molecule has 0 spiro atoms. The molecule has 1 aromatic rings. The van der Waals surface area contributed by atoms with Crippen molar-refractivity contribution in [3.8, 4) is 0 Å². The van der Waals surface area contributed by atoms with Crippen molar-refractivity contribution in [1.29, 1.82) is 0 Å². The van der Waals surface area contributed by atoms with E-state index in [0.29, 0.717) is 5.95 Å². The highest BCUT2D eigenvalue weighted by Gasteiger charge is 2.36. The van der Waals surface area contributed by atoms with Gasteiger partial charge < -0.3 is 0 Å². The number of H-pyrrole nitrogens is 1. The number of anilines is 1. The number of carbonyl (C=O) groups excluding carboxylic acids is 1. The summed E-state index contributed by atoms with van der Waals surface area (Å²) in [5, 5.41) is 9.03. The smallest absolute Gasteiger partial charge is 0.232 e. The zero-order valence-electron chi connectivity index (χ0n) is 8.21. The van der Waals surface area contributed by atoms with Crippen LogP contribution in [0.3, 0.4) is 0 Å². The van der Waals surface area contributed by atoms with Crippen LogP contribution in [0.25, 0.3) is 0 Å². The van der Waals surface area contributed by atoms with Gasteiger partial charge in [0.1, 0.15) is 6.33 Å². The summed E-state index contributed by atoms with van der Waals surface area (Å²) in [6, 6.07) is 0. The first-order valence-electron chi connectivity index (χ1n) is 4.87. The summed E-state index contributed by atoms with van der Waals surface area (Å²) in [7, 11) is 0. The van der Waals surface area contributed by atoms with Crippen molar-refractivity contribution in [2.45, 2.75) is 32.6 Å². The van der Waals surface area contributed by atoms with E-state index >= 15 is 0 Å². The van der Waals surface area contributed by atoms with E-state index in [1.807, 2.05) is 6.92 Å². The topological polar surface area (TPSA) is 70.7 Å². The van der Waals surface area contributed by atoms with E-state index in [0.717, 1.165) is 25.7 Å². The molecule has 1 aliphatic rings. The lowest BCUT2D eigenvalue weighted by molar-refractivity contribution is -0.124. The molecule has 0 radical (unpaired) electrons. The molecule has 2 N–H and O–H groups in total. The molecular weight excluding hydrogens is 180 g/mol. The maximum atomic E-state index is 11.8. The second-order valence-electron chi connectivity index (χ2n) is 4.06. The number of hydrogen-bond donors (Lipinski definition) is 2. The predicted molar refractivity (Wildman–Crippen MR) is 51.6 cm³/mol. The quantitative estimate of drug-likeness (QED) is 0.746. The van der Waals surface area contributed by atoms with E-state index in [1.165, 1.54) is 6.33 Å². The average molecular weight is 194 g/mol. The third-order valence-electron chi connectivity index (χ3n) is 2.90. The van der Waals surface area contributed by atoms with Crippen molar-refractivity contribution in [3.63, 3.8) is 0 Å². The molecule has 0 bridgehead atoms. The van der Waals surface area contributed by atoms with Gasteiger partial charge >= 0.3 is 0 Å². The minimum atomic E-state index is -0.215. The lowest BCUT2D eigenvalue weighted by Crippen LogP contribution is -2.31. The molecule has 0 saturated heterocycles. The Labute approximate surface area is 82.3 Å². The Morgan fingerprint density at radius 2 is 2.29 bits per heavy atom. The maximum absolute atomic E-state index is 11.8. The minimum absolute atomic E-state index is 0.0479. The van der Waals surface area contributed by atoms with Crippen LogP contribution in [0.1, 0.15) is 32.6 Å². The third-order valence-corrected chi connectivity index (χ3v) is 2.90. The minimum Gasteiger partial charge on any atom is -0.294 e. The van der Waals surface area contributed by atoms with Crippen LogP contribution in [0.5, 0.6) is 0 Å². The third kappa shape index (κ3) is 1.62. The highest BCUT2D eigenvalue weighted by Crippen LogP contribution is 2.38. The SMILES string of the molecule is CC1(C(=O)Nc2ncn[nH]2)CCCC1. The number of nitrogens with zero attached hydrogens (tertiary/aromatic N) is 2. The molecule has 0 unspecified atom stereocenters. The fraction of sp³-hybridized carbons (Fsp3) is 0.667. The normalized spacial score (nSPS) is 19.5. The van der Waals surface area contributed by atoms with Crippen LogP contribution < -0.4 is 5.32 Å². The van der Waals surface area contributed by atoms with E-state index in [-0.39, 0.29) is 11.3 Å². The number of aromatic amines is 1. The average Bonchev–Trinajstić information content (AvgIpc) is 2.76. The number of amides is 1. The van der Waals surface area contributed by atoms with Crippen LogP contribution in [0.4, 0.5) is 5.95 Å². The summed E-state index contributed by atoms with van der Waals surface area (Å²) >= 11 is 0. The van der Waals surface area contributed by atoms with E-state index in [1.54, 1.807) is 0 Å². The first-order chi connectivity index (χ1) is 6.71. The molecule has 14 heavy (non-hydrogen) atoms. The first-order valence-corrected chi connectivity index (χ1v) is 4.87. The molecule has 76 valence electrons. The zero-order valence-corrected chi connectivity index (χ0v) is 8.21. The monoisotopic (exact) mass is 194 g/mol. The van der Waals surface area contributed by atoms with Crippen LogP contribution in [-0.2, 0) is 4.79 Å². The van der Waals surface area contributed by atoms with Crippen molar-refractivity contribution >= 4 is 11.9 Å². The number of hydrogen-bond acceptors (Lipinski definition) is 3. The molecule has 0 aliphatic heterocycles. The van der Waals surface area contributed by atoms with Crippen LogP contribution in [0.2, 0.25) is 0 Å². The van der Waals surface area contributed by atoms with Gasteiger partial charge in [0.05, 0.1) is 0 Å². The van der Waals surface area contributed by atoms with E-state index < -0.39 is 0 Å². The Morgan fingerprint density at radius 3 is 2.86 bits per heavy atom. The Balaban J connectivity index is 2.02. The van der Waals surface area contributed by atoms with Gasteiger partial charge in [-0.3, -0.25) is 10.1 Å². The Bertz CT molecular complexity index is 314. The van der Waals surface area contributed by atoms with Gasteiger partial charge in [-0.15, -0.1) is 0 Å². The van der Waals surface area contributed by atoms with Crippen LogP contribution in [0.15, 0.2) is 6.33 Å². The Morgan fingerprint density at radius 1 is 1.57 bits per heavy atom. The summed E-state index contributed by atoms with van der Waals surface area (Å²) in [5.41, 5.74) is -0.215. The molecule has 1 saturated carbocycles. The standard InChI is InChI=1S/C9H14N4O/c1-9(4-2-3-5-9)7(14)12-8-10-6-11-13-8/h6H,2-5H2,1H3,(H2,10,11,12,13,14). The number of aromatic nitrogens is 3. The van der Waals surface area contributed by atoms with Crippen LogP contribution in [0, 0.1) is 5.41 Å². The highest BCUT2D eigenvalue weighted by molar-refractivity contribution is 5.93. The molecule has 5 heteroatoms. The van der Waals surface area contributed by atoms with Crippen molar-refractivity contribution in [1.82, 2.24) is 15.2 Å². The van der Waals surface area contributed by atoms with Gasteiger partial charge in [-0.05, 0) is 12.8 Å². The largest absolute Gasteiger partial charge is 0.294 e. The molecule has 0 aromatic carbocycles. The van der Waals surface area contributed by atoms with Gasteiger partial charge in [0.25, 0.3) is 0 Å². The van der Waals surface area contributed by atoms with Crippen molar-refractivity contribution < 1.29 is 4.79 Å². The first kappa shape index (κ1) is 9.18. The van der Waals surface area contributed by atoms with E-state index in [2.05, 4.69) is 20.5 Å². The fourth-order valence-corrected chi connectivity index (χ4v) is 1.91. The van der Waals surface area contributed by atoms with Crippen molar-refractivity contribution in [3.05, 3.63) is 6.33 Å². The molecule has 1 fully saturated rings. The van der Waals surface area contributed by atoms with Crippen LogP contribution >= 0.6 is 0 Å². The van der Waals surface area contributed by atoms with E-state index in [4.69, 9.17) is 0 Å². The highest BCUT2D eigenvalue weighted by atomic mass is 16.2. The summed E-state index contributed by atoms with van der Waals surface area (Å²) in [4.78, 5) is 15.7. The molecule has 1 heterocycles. The molecular formula is C9H14N4O. The second kappa shape index (κ2) is 3.40. The van der Waals surface area contributed by atoms with Gasteiger partial charge in [-0.1, -0.05) is 19.8 Å². The summed E-state index contributed by atoms with van der Waals surface area (Å²) in [6.07, 6.45) is 5.59. The Hall–Kier alpha value is -1.39. The molecule has 5 nitrogen and oxygen atoms in total. The fourth-order valence-electron chi connectivity index (χ4n) is 1.91. The summed E-state index contributed by atoms with van der Waals surface area (Å²) < 4.78 is 0. The zero-order chi connectivity index (χ0) is 10.0. The molecule has 0 atom stereocenters. The van der Waals surface area contributed by atoms with E-state index in [9.17, 15) is 4.79 Å². The number of rotatable bonds is 2. The predicted octanol–water partition coefficient (Wildman–Crippen LogP) is 1.32. The van der Waals surface area contributed by atoms with Crippen molar-refractivity contribution in [2.75, 3.05) is 5.32 Å². The van der Waals surface area contributed by atoms with Gasteiger partial charge in [0, 0.05) is 5.41 Å². The lowest BCUT2D eigenvalue weighted by Gasteiger charge is -2.20. The molecule has 1 aliphatic carbocycles. The Kier molecular flexibility index (Phi) is 2.23. The summed E-state index contributed by atoms with van der Waals surface area (Å²) in [5.74, 6) is 0.481. The lowest BCUT2D eigenvalue weighted by atomic mass is 9.88. The maximum Gasteiger partial charge on any atom is 0.232 e. The molecule has 1 aromatic heterocycles. The summed E-state index contributed by atoms with van der Waals surface area (Å²) in [6.45, 7) is 2.01. The molecule has 2 rings (SSSR count).